The summed E-state index contributed by atoms with van der Waals surface area (Å²) in [5.41, 5.74) is 10.4. The Morgan fingerprint density at radius 2 is 2.03 bits per heavy atom. The number of urea groups is 1. The van der Waals surface area contributed by atoms with Gasteiger partial charge in [0.2, 0.25) is 0 Å². The molecule has 1 aliphatic heterocycles. The molecule has 3 aromatic rings. The number of amides is 2. The molecule has 6 N–H and O–H groups in total. The summed E-state index contributed by atoms with van der Waals surface area (Å²) >= 11 is 0. The second-order valence-corrected chi connectivity index (χ2v) is 7.26. The number of hydrogen-bond acceptors (Lipinski definition) is 5. The first kappa shape index (κ1) is 18.8. The fraction of sp³-hybridized carbons (Fsp3) is 0.250. The fourth-order valence-electron chi connectivity index (χ4n) is 3.31. The van der Waals surface area contributed by atoms with E-state index < -0.39 is 0 Å². The molecule has 1 atom stereocenters. The lowest BCUT2D eigenvalue weighted by molar-refractivity contribution is 0.239. The minimum Gasteiger partial charge on any atom is -0.382 e. The summed E-state index contributed by atoms with van der Waals surface area (Å²) in [6.07, 6.45) is 1.64. The second-order valence-electron chi connectivity index (χ2n) is 7.26. The molecule has 0 bridgehead atoms. The monoisotopic (exact) mass is 392 g/mol. The molecule has 1 aliphatic rings. The van der Waals surface area contributed by atoms with Gasteiger partial charge in [-0.15, -0.1) is 5.10 Å². The number of hydrogen-bond donors (Lipinski definition) is 4. The van der Waals surface area contributed by atoms with Crippen LogP contribution in [0.5, 0.6) is 0 Å². The van der Waals surface area contributed by atoms with Crippen LogP contribution in [0.3, 0.4) is 0 Å². The van der Waals surface area contributed by atoms with Crippen molar-refractivity contribution in [2.24, 2.45) is 16.7 Å². The number of H-pyrrole nitrogens is 1. The number of nitrogens with two attached hydrogens (primary N) is 2. The highest BCUT2D eigenvalue weighted by atomic mass is 16.2. The third kappa shape index (κ3) is 3.59. The highest BCUT2D eigenvalue weighted by molar-refractivity contribution is 5.98. The van der Waals surface area contributed by atoms with Gasteiger partial charge in [-0.25, -0.2) is 20.7 Å². The summed E-state index contributed by atoms with van der Waals surface area (Å²) in [6.45, 7) is 4.38. The van der Waals surface area contributed by atoms with Gasteiger partial charge in [0.25, 0.3) is 0 Å². The largest absolute Gasteiger partial charge is 0.382 e. The van der Waals surface area contributed by atoms with Crippen molar-refractivity contribution in [3.63, 3.8) is 0 Å². The number of benzene rings is 2. The number of amidine groups is 1. The lowest BCUT2D eigenvalue weighted by Crippen LogP contribution is -2.35. The van der Waals surface area contributed by atoms with Crippen molar-refractivity contribution < 1.29 is 4.79 Å². The first-order chi connectivity index (χ1) is 13.9. The second kappa shape index (κ2) is 7.44. The van der Waals surface area contributed by atoms with E-state index in [2.05, 4.69) is 20.4 Å². The lowest BCUT2D eigenvalue weighted by Gasteiger charge is -2.24. The van der Waals surface area contributed by atoms with Crippen LogP contribution in [0.1, 0.15) is 31.0 Å². The molecule has 9 nitrogen and oxygen atoms in total. The Hall–Kier alpha value is -3.59. The normalized spacial score (nSPS) is 17.2. The van der Waals surface area contributed by atoms with Crippen molar-refractivity contribution in [2.75, 3.05) is 11.4 Å². The minimum absolute atomic E-state index is 0.0455. The summed E-state index contributed by atoms with van der Waals surface area (Å²) in [6, 6.07) is 13.2. The molecule has 1 unspecified atom stereocenters. The number of nitrogens with one attached hydrogen (secondary N) is 2. The Morgan fingerprint density at radius 3 is 2.76 bits per heavy atom. The van der Waals surface area contributed by atoms with Gasteiger partial charge in [-0.3, -0.25) is 4.90 Å². The predicted octanol–water partition coefficient (Wildman–Crippen LogP) is 2.04. The molecule has 29 heavy (non-hydrogen) atoms. The maximum atomic E-state index is 12.5. The summed E-state index contributed by atoms with van der Waals surface area (Å²) in [4.78, 5) is 21.6. The highest BCUT2D eigenvalue weighted by Gasteiger charge is 2.33. The van der Waals surface area contributed by atoms with E-state index in [1.807, 2.05) is 56.3 Å². The number of aromatic amines is 1. The molecular weight excluding hydrogens is 368 g/mol. The number of imidazole rings is 1. The number of carbonyl (C=O) groups is 1. The molecule has 0 spiro atoms. The molecule has 4 rings (SSSR count). The molecular formula is C20H24N8O. The summed E-state index contributed by atoms with van der Waals surface area (Å²) in [7, 11) is 0. The zero-order valence-corrected chi connectivity index (χ0v) is 16.3. The standard InChI is InChI=1S/C20H24N8O/c1-12(2)28(22)26-19(21)14-5-3-13(4-6-14)18-10-23-20(29)27(18)15-7-8-16-17(9-15)25-11-24-16/h3-9,11-12,18H,10,22H2,1-2H3,(H2,21,26)(H,23,29)(H,24,25). The third-order valence-corrected chi connectivity index (χ3v) is 5.00. The van der Waals surface area contributed by atoms with Crippen molar-refractivity contribution in [2.45, 2.75) is 25.9 Å². The summed E-state index contributed by atoms with van der Waals surface area (Å²) in [5, 5.41) is 8.45. The number of nitrogens with zero attached hydrogens (tertiary/aromatic N) is 4. The van der Waals surface area contributed by atoms with Gasteiger partial charge in [0.1, 0.15) is 0 Å². The number of carbonyl (C=O) groups excluding carboxylic acids is 1. The Morgan fingerprint density at radius 1 is 1.28 bits per heavy atom. The van der Waals surface area contributed by atoms with Crippen LogP contribution in [-0.2, 0) is 0 Å². The van der Waals surface area contributed by atoms with Crippen molar-refractivity contribution in [3.8, 4) is 0 Å². The first-order valence-electron chi connectivity index (χ1n) is 9.42. The molecule has 0 saturated carbocycles. The van der Waals surface area contributed by atoms with E-state index >= 15 is 0 Å². The van der Waals surface area contributed by atoms with Gasteiger partial charge in [-0.2, -0.15) is 0 Å². The Bertz CT molecular complexity index is 1060. The zero-order chi connectivity index (χ0) is 20.5. The third-order valence-electron chi connectivity index (χ3n) is 5.00. The van der Waals surface area contributed by atoms with E-state index in [9.17, 15) is 4.79 Å². The predicted molar refractivity (Wildman–Crippen MR) is 113 cm³/mol. The number of hydrazone groups is 1. The van der Waals surface area contributed by atoms with Gasteiger partial charge < -0.3 is 16.0 Å². The van der Waals surface area contributed by atoms with Gasteiger partial charge in [0.15, 0.2) is 5.84 Å². The van der Waals surface area contributed by atoms with E-state index in [4.69, 9.17) is 11.6 Å². The SMILES string of the molecule is CC(C)N(N)/N=C(\N)c1ccc(C2CNC(=O)N2c2ccc3nc[nH]c3c2)cc1. The van der Waals surface area contributed by atoms with Gasteiger partial charge in [-0.1, -0.05) is 24.3 Å². The summed E-state index contributed by atoms with van der Waals surface area (Å²) < 4.78 is 0. The first-order valence-corrected chi connectivity index (χ1v) is 9.42. The Balaban J connectivity index is 1.60. The molecule has 9 heteroatoms. The van der Waals surface area contributed by atoms with Crippen LogP contribution >= 0.6 is 0 Å². The van der Waals surface area contributed by atoms with Gasteiger partial charge in [0, 0.05) is 17.8 Å². The van der Waals surface area contributed by atoms with Crippen LogP contribution in [0, 0.1) is 0 Å². The van der Waals surface area contributed by atoms with E-state index in [-0.39, 0.29) is 18.1 Å². The zero-order valence-electron chi connectivity index (χ0n) is 16.3. The van der Waals surface area contributed by atoms with Crippen molar-refractivity contribution in [3.05, 3.63) is 59.9 Å². The average molecular weight is 392 g/mol. The van der Waals surface area contributed by atoms with Gasteiger partial charge in [0.05, 0.1) is 29.4 Å². The molecule has 2 heterocycles. The average Bonchev–Trinajstić information content (AvgIpc) is 3.33. The highest BCUT2D eigenvalue weighted by Crippen LogP contribution is 2.32. The van der Waals surface area contributed by atoms with E-state index in [0.717, 1.165) is 27.8 Å². The number of anilines is 1. The van der Waals surface area contributed by atoms with Crippen molar-refractivity contribution >= 4 is 28.6 Å². The Kier molecular flexibility index (Phi) is 4.81. The van der Waals surface area contributed by atoms with Crippen LogP contribution in [0.25, 0.3) is 11.0 Å². The summed E-state index contributed by atoms with van der Waals surface area (Å²) in [5.74, 6) is 6.16. The van der Waals surface area contributed by atoms with Crippen molar-refractivity contribution in [1.82, 2.24) is 20.4 Å². The van der Waals surface area contributed by atoms with E-state index in [1.165, 1.54) is 5.12 Å². The maximum absolute atomic E-state index is 12.5. The fourth-order valence-corrected chi connectivity index (χ4v) is 3.31. The van der Waals surface area contributed by atoms with Crippen molar-refractivity contribution in [1.29, 1.82) is 0 Å². The quantitative estimate of drug-likeness (QED) is 0.229. The van der Waals surface area contributed by atoms with Crippen LogP contribution in [0.15, 0.2) is 53.9 Å². The Labute approximate surface area is 168 Å². The molecule has 1 fully saturated rings. The molecule has 0 aliphatic carbocycles. The van der Waals surface area contributed by atoms with Crippen LogP contribution in [-0.4, -0.2) is 39.5 Å². The van der Waals surface area contributed by atoms with Gasteiger partial charge in [-0.05, 0) is 37.6 Å². The number of fused-ring (bicyclic) bond motifs is 1. The topological polar surface area (TPSA) is 129 Å². The smallest absolute Gasteiger partial charge is 0.322 e. The molecule has 150 valence electrons. The molecule has 2 aromatic carbocycles. The molecule has 1 saturated heterocycles. The van der Waals surface area contributed by atoms with Crippen LogP contribution in [0.2, 0.25) is 0 Å². The van der Waals surface area contributed by atoms with E-state index in [1.54, 1.807) is 11.2 Å². The maximum Gasteiger partial charge on any atom is 0.322 e. The van der Waals surface area contributed by atoms with Gasteiger partial charge >= 0.3 is 6.03 Å². The number of rotatable bonds is 5. The molecule has 2 amide bonds. The van der Waals surface area contributed by atoms with Crippen LogP contribution < -0.4 is 21.8 Å². The van der Waals surface area contributed by atoms with E-state index in [0.29, 0.717) is 12.4 Å². The number of hydrazine groups is 1. The van der Waals surface area contributed by atoms with Crippen LogP contribution in [0.4, 0.5) is 10.5 Å². The lowest BCUT2D eigenvalue weighted by atomic mass is 10.0. The molecule has 0 radical (unpaired) electrons. The number of aromatic nitrogens is 2. The minimum atomic E-state index is -0.130. The molecule has 1 aromatic heterocycles.